The van der Waals surface area contributed by atoms with Gasteiger partial charge in [0.25, 0.3) is 0 Å². The summed E-state index contributed by atoms with van der Waals surface area (Å²) in [6, 6.07) is 15.0. The first-order valence-electron chi connectivity index (χ1n) is 10.2. The molecule has 1 unspecified atom stereocenters. The normalized spacial score (nSPS) is 17.5. The van der Waals surface area contributed by atoms with E-state index in [1.165, 1.54) is 10.7 Å². The number of aromatic nitrogens is 3. The molecule has 0 spiro atoms. The number of amides is 1. The number of allylic oxidation sites excluding steroid dienone is 2. The molecular weight excluding hydrogens is 422 g/mol. The number of phenols is 1. The van der Waals surface area contributed by atoms with Crippen molar-refractivity contribution in [3.05, 3.63) is 101 Å². The van der Waals surface area contributed by atoms with E-state index in [4.69, 9.17) is 10.2 Å². The molecule has 1 amide bonds. The van der Waals surface area contributed by atoms with Crippen LogP contribution in [-0.2, 0) is 11.2 Å². The predicted octanol–water partition coefficient (Wildman–Crippen LogP) is 2.05. The van der Waals surface area contributed by atoms with Crippen LogP contribution in [-0.4, -0.2) is 31.5 Å². The molecular formula is C24H19N5O4. The van der Waals surface area contributed by atoms with Gasteiger partial charge >= 0.3 is 5.63 Å². The maximum atomic E-state index is 12.8. The smallest absolute Gasteiger partial charge is 0.336 e. The Morgan fingerprint density at radius 3 is 2.76 bits per heavy atom. The topological polar surface area (TPSA) is 136 Å². The van der Waals surface area contributed by atoms with E-state index in [1.54, 1.807) is 60.9 Å². The average Bonchev–Trinajstić information content (AvgIpc) is 3.30. The average molecular weight is 441 g/mol. The molecule has 0 radical (unpaired) electrons. The van der Waals surface area contributed by atoms with Crippen molar-refractivity contribution in [3.63, 3.8) is 0 Å². The van der Waals surface area contributed by atoms with Gasteiger partial charge in [0.2, 0.25) is 5.91 Å². The number of dihydropyridines is 1. The molecule has 1 atom stereocenters. The first kappa shape index (κ1) is 20.3. The summed E-state index contributed by atoms with van der Waals surface area (Å²) in [6.07, 6.45) is 7.05. The molecule has 2 aromatic heterocycles. The molecule has 5 rings (SSSR count). The summed E-state index contributed by atoms with van der Waals surface area (Å²) < 4.78 is 6.89. The van der Waals surface area contributed by atoms with Gasteiger partial charge in [-0.2, -0.15) is 0 Å². The molecule has 3 heterocycles. The highest BCUT2D eigenvalue weighted by atomic mass is 16.4. The van der Waals surface area contributed by atoms with Crippen molar-refractivity contribution in [1.82, 2.24) is 20.3 Å². The van der Waals surface area contributed by atoms with Crippen LogP contribution in [0.1, 0.15) is 11.3 Å². The number of nitrogens with zero attached hydrogens (tertiary/aromatic N) is 3. The Morgan fingerprint density at radius 1 is 1.15 bits per heavy atom. The Morgan fingerprint density at radius 2 is 1.97 bits per heavy atom. The fraction of sp³-hybridized carbons (Fsp3) is 0.0833. The standard InChI is InChI=1S/C24H19N5O4/c25-23(32)24(13-15-6-9-17(30)10-7-15)18(4-2-12-26-24)19-14-29(28-27-19)20-5-1-3-16-8-11-21(31)33-22(16)20/h1-12,14,26,30H,13H2,(H2,25,32). The van der Waals surface area contributed by atoms with Crippen LogP contribution in [0.4, 0.5) is 0 Å². The zero-order valence-corrected chi connectivity index (χ0v) is 17.3. The van der Waals surface area contributed by atoms with Crippen molar-refractivity contribution in [2.24, 2.45) is 5.73 Å². The third-order valence-electron chi connectivity index (χ3n) is 5.62. The highest BCUT2D eigenvalue weighted by Crippen LogP contribution is 2.33. The quantitative estimate of drug-likeness (QED) is 0.403. The van der Waals surface area contributed by atoms with E-state index in [2.05, 4.69) is 15.6 Å². The zero-order valence-electron chi connectivity index (χ0n) is 17.3. The minimum absolute atomic E-state index is 0.129. The van der Waals surface area contributed by atoms with Crippen molar-refractivity contribution < 1.29 is 14.3 Å². The highest BCUT2D eigenvalue weighted by Gasteiger charge is 2.42. The van der Waals surface area contributed by atoms with Crippen molar-refractivity contribution in [1.29, 1.82) is 0 Å². The molecule has 2 aromatic carbocycles. The monoisotopic (exact) mass is 441 g/mol. The van der Waals surface area contributed by atoms with Gasteiger partial charge in [-0.05, 0) is 42.1 Å². The van der Waals surface area contributed by atoms with Crippen LogP contribution in [0.5, 0.6) is 5.75 Å². The molecule has 1 aliphatic rings. The first-order chi connectivity index (χ1) is 16.0. The third kappa shape index (κ3) is 3.55. The van der Waals surface area contributed by atoms with Gasteiger partial charge in [0, 0.05) is 23.4 Å². The summed E-state index contributed by atoms with van der Waals surface area (Å²) >= 11 is 0. The van der Waals surface area contributed by atoms with Crippen LogP contribution in [0.15, 0.2) is 88.4 Å². The molecule has 0 saturated heterocycles. The van der Waals surface area contributed by atoms with Gasteiger partial charge in [0.1, 0.15) is 22.7 Å². The molecule has 4 aromatic rings. The number of hydrogen-bond donors (Lipinski definition) is 3. The molecule has 9 heteroatoms. The zero-order chi connectivity index (χ0) is 23.0. The summed E-state index contributed by atoms with van der Waals surface area (Å²) in [5.74, 6) is -0.458. The second-order valence-electron chi connectivity index (χ2n) is 7.69. The molecule has 1 aliphatic heterocycles. The Labute approximate surface area is 187 Å². The number of nitrogens with two attached hydrogens (primary N) is 1. The Hall–Kier alpha value is -4.66. The Bertz CT molecular complexity index is 1480. The van der Waals surface area contributed by atoms with Crippen molar-refractivity contribution in [2.75, 3.05) is 0 Å². The van der Waals surface area contributed by atoms with Crippen molar-refractivity contribution in [2.45, 2.75) is 12.0 Å². The lowest BCUT2D eigenvalue weighted by Crippen LogP contribution is -2.56. The van der Waals surface area contributed by atoms with E-state index in [0.29, 0.717) is 22.5 Å². The maximum Gasteiger partial charge on any atom is 0.336 e. The second-order valence-corrected chi connectivity index (χ2v) is 7.69. The molecule has 0 fully saturated rings. The van der Waals surface area contributed by atoms with Crippen LogP contribution in [0, 0.1) is 0 Å². The fourth-order valence-electron chi connectivity index (χ4n) is 3.98. The third-order valence-corrected chi connectivity index (χ3v) is 5.62. The van der Waals surface area contributed by atoms with Crippen LogP contribution in [0.25, 0.3) is 22.2 Å². The Balaban J connectivity index is 1.59. The van der Waals surface area contributed by atoms with Gasteiger partial charge in [0.05, 0.1) is 6.20 Å². The molecule has 164 valence electrons. The summed E-state index contributed by atoms with van der Waals surface area (Å²) in [7, 11) is 0. The molecule has 9 nitrogen and oxygen atoms in total. The molecule has 0 aliphatic carbocycles. The van der Waals surface area contributed by atoms with E-state index in [1.807, 2.05) is 12.1 Å². The van der Waals surface area contributed by atoms with Gasteiger partial charge in [-0.25, -0.2) is 9.48 Å². The van der Waals surface area contributed by atoms with E-state index >= 15 is 0 Å². The van der Waals surface area contributed by atoms with Crippen molar-refractivity contribution in [3.8, 4) is 11.4 Å². The largest absolute Gasteiger partial charge is 0.508 e. The number of benzene rings is 2. The number of aromatic hydroxyl groups is 1. The lowest BCUT2D eigenvalue weighted by molar-refractivity contribution is -0.122. The minimum Gasteiger partial charge on any atom is -0.508 e. The second kappa shape index (κ2) is 7.79. The number of fused-ring (bicyclic) bond motifs is 1. The number of nitrogens with one attached hydrogen (secondary N) is 1. The van der Waals surface area contributed by atoms with Gasteiger partial charge in [-0.15, -0.1) is 5.10 Å². The highest BCUT2D eigenvalue weighted by molar-refractivity contribution is 6.01. The van der Waals surface area contributed by atoms with Crippen LogP contribution < -0.4 is 16.7 Å². The van der Waals surface area contributed by atoms with E-state index in [9.17, 15) is 14.7 Å². The molecule has 0 bridgehead atoms. The Kier molecular flexibility index (Phi) is 4.78. The number of primary amides is 1. The minimum atomic E-state index is -1.28. The SMILES string of the molecule is NC(=O)C1(Cc2ccc(O)cc2)NC=CC=C1c1cn(-c2cccc3ccc(=O)oc23)nn1. The fourth-order valence-corrected chi connectivity index (χ4v) is 3.98. The predicted molar refractivity (Wildman–Crippen MR) is 121 cm³/mol. The number of hydrogen-bond acceptors (Lipinski definition) is 7. The number of phenolic OH excluding ortho intramolecular Hbond substituents is 1. The number of rotatable bonds is 5. The van der Waals surface area contributed by atoms with Crippen LogP contribution in [0.3, 0.4) is 0 Å². The summed E-state index contributed by atoms with van der Waals surface area (Å²) in [5, 5.41) is 21.9. The molecule has 4 N–H and O–H groups in total. The van der Waals surface area contributed by atoms with Crippen LogP contribution >= 0.6 is 0 Å². The first-order valence-corrected chi connectivity index (χ1v) is 10.2. The lowest BCUT2D eigenvalue weighted by atomic mass is 9.80. The number of para-hydroxylation sites is 1. The van der Waals surface area contributed by atoms with Gasteiger partial charge in [-0.3, -0.25) is 4.79 Å². The summed E-state index contributed by atoms with van der Waals surface area (Å²) in [4.78, 5) is 24.5. The molecule has 33 heavy (non-hydrogen) atoms. The van der Waals surface area contributed by atoms with Gasteiger partial charge < -0.3 is 20.6 Å². The van der Waals surface area contributed by atoms with E-state index in [0.717, 1.165) is 10.9 Å². The van der Waals surface area contributed by atoms with Crippen molar-refractivity contribution >= 4 is 22.4 Å². The lowest BCUT2D eigenvalue weighted by Gasteiger charge is -2.34. The van der Waals surface area contributed by atoms with E-state index in [-0.39, 0.29) is 12.2 Å². The van der Waals surface area contributed by atoms with Gasteiger partial charge in [-0.1, -0.05) is 35.6 Å². The summed E-state index contributed by atoms with van der Waals surface area (Å²) in [6.45, 7) is 0. The number of carbonyl (C=O) groups is 1. The number of carbonyl (C=O) groups excluding carboxylic acids is 1. The van der Waals surface area contributed by atoms with Gasteiger partial charge in [0.15, 0.2) is 5.58 Å². The molecule has 0 saturated carbocycles. The summed E-state index contributed by atoms with van der Waals surface area (Å²) in [5.41, 5.74) is 6.81. The van der Waals surface area contributed by atoms with E-state index < -0.39 is 17.1 Å². The van der Waals surface area contributed by atoms with Crippen LogP contribution in [0.2, 0.25) is 0 Å². The maximum absolute atomic E-state index is 12.8.